The molecule has 1 fully saturated rings. The quantitative estimate of drug-likeness (QED) is 0.869. The third kappa shape index (κ3) is 3.76. The largest absolute Gasteiger partial charge is 0.389 e. The highest BCUT2D eigenvalue weighted by Crippen LogP contribution is 2.28. The number of hydrogen-bond donors (Lipinski definition) is 1. The van der Waals surface area contributed by atoms with Crippen molar-refractivity contribution in [2.75, 3.05) is 37.8 Å². The van der Waals surface area contributed by atoms with Gasteiger partial charge in [-0.3, -0.25) is 0 Å². The van der Waals surface area contributed by atoms with Crippen LogP contribution < -0.4 is 4.90 Å². The van der Waals surface area contributed by atoms with Crippen molar-refractivity contribution in [2.45, 2.75) is 38.4 Å². The summed E-state index contributed by atoms with van der Waals surface area (Å²) >= 11 is 0. The van der Waals surface area contributed by atoms with E-state index in [-0.39, 0.29) is 6.10 Å². The second-order valence-corrected chi connectivity index (χ2v) is 6.15. The van der Waals surface area contributed by atoms with E-state index in [9.17, 15) is 5.11 Å². The minimum absolute atomic E-state index is 0.229. The second-order valence-electron chi connectivity index (χ2n) is 6.15. The number of hydrogen-bond acceptors (Lipinski definition) is 4. The van der Waals surface area contributed by atoms with Crippen molar-refractivity contribution in [3.8, 4) is 0 Å². The van der Waals surface area contributed by atoms with E-state index < -0.39 is 6.10 Å². The molecule has 4 heteroatoms. The molecule has 1 aromatic rings. The van der Waals surface area contributed by atoms with Crippen molar-refractivity contribution in [1.82, 2.24) is 0 Å². The first-order chi connectivity index (χ1) is 10.2. The number of aliphatic hydroxyl groups is 1. The summed E-state index contributed by atoms with van der Waals surface area (Å²) in [7, 11) is 0. The van der Waals surface area contributed by atoms with Crippen molar-refractivity contribution < 1.29 is 14.6 Å². The van der Waals surface area contributed by atoms with Gasteiger partial charge in [-0.05, 0) is 43.4 Å². The van der Waals surface area contributed by atoms with Gasteiger partial charge in [0, 0.05) is 25.4 Å². The van der Waals surface area contributed by atoms with Gasteiger partial charge in [0.1, 0.15) is 0 Å². The van der Waals surface area contributed by atoms with Crippen molar-refractivity contribution in [3.63, 3.8) is 0 Å². The minimum atomic E-state index is -0.446. The number of aryl methyl sites for hydroxylation is 1. The summed E-state index contributed by atoms with van der Waals surface area (Å²) in [5, 5.41) is 10.2. The van der Waals surface area contributed by atoms with Crippen LogP contribution in [0.4, 0.5) is 5.69 Å². The Morgan fingerprint density at radius 1 is 1.48 bits per heavy atom. The highest BCUT2D eigenvalue weighted by Gasteiger charge is 2.22. The van der Waals surface area contributed by atoms with Gasteiger partial charge in [0.05, 0.1) is 25.4 Å². The van der Waals surface area contributed by atoms with E-state index >= 15 is 0 Å². The molecule has 2 unspecified atom stereocenters. The Kier molecular flexibility index (Phi) is 4.78. The third-order valence-corrected chi connectivity index (χ3v) is 4.30. The monoisotopic (exact) mass is 291 g/mol. The van der Waals surface area contributed by atoms with Crippen LogP contribution in [0, 0.1) is 6.92 Å². The first-order valence-electron chi connectivity index (χ1n) is 7.94. The van der Waals surface area contributed by atoms with Crippen LogP contribution in [0.5, 0.6) is 0 Å². The van der Waals surface area contributed by atoms with E-state index in [1.807, 2.05) is 0 Å². The molecule has 1 saturated heterocycles. The lowest BCUT2D eigenvalue weighted by molar-refractivity contribution is -0.0149. The summed E-state index contributed by atoms with van der Waals surface area (Å²) in [4.78, 5) is 2.27. The molecule has 0 spiro atoms. The smallest absolute Gasteiger partial charge is 0.0948 e. The molecule has 2 aliphatic heterocycles. The molecule has 0 saturated carbocycles. The molecule has 2 heterocycles. The predicted octanol–water partition coefficient (Wildman–Crippen LogP) is 1.91. The maximum atomic E-state index is 10.2. The van der Waals surface area contributed by atoms with Gasteiger partial charge in [-0.15, -0.1) is 0 Å². The van der Waals surface area contributed by atoms with Crippen molar-refractivity contribution in [3.05, 3.63) is 29.3 Å². The summed E-state index contributed by atoms with van der Waals surface area (Å²) in [6.45, 7) is 5.58. The van der Waals surface area contributed by atoms with Gasteiger partial charge in [0.2, 0.25) is 0 Å². The normalized spacial score (nSPS) is 22.6. The Hall–Kier alpha value is -1.10. The number of anilines is 1. The number of ether oxygens (including phenoxy) is 2. The predicted molar refractivity (Wildman–Crippen MR) is 82.9 cm³/mol. The molecule has 3 rings (SSSR count). The maximum Gasteiger partial charge on any atom is 0.0948 e. The fourth-order valence-corrected chi connectivity index (χ4v) is 3.16. The Morgan fingerprint density at radius 3 is 3.19 bits per heavy atom. The fraction of sp³-hybridized carbons (Fsp3) is 0.647. The first kappa shape index (κ1) is 14.8. The minimum Gasteiger partial charge on any atom is -0.389 e. The standard InChI is InChI=1S/C17H25NO3/c1-13-4-5-14-6-7-18(17(14)9-13)10-15(19)11-20-12-16-3-2-8-21-16/h4-5,9,15-16,19H,2-3,6-8,10-12H2,1H3. The summed E-state index contributed by atoms with van der Waals surface area (Å²) in [6.07, 6.45) is 3.05. The zero-order valence-electron chi connectivity index (χ0n) is 12.8. The molecular weight excluding hydrogens is 266 g/mol. The van der Waals surface area contributed by atoms with Crippen molar-refractivity contribution >= 4 is 5.69 Å². The van der Waals surface area contributed by atoms with E-state index in [2.05, 4.69) is 30.0 Å². The van der Waals surface area contributed by atoms with E-state index in [1.54, 1.807) is 0 Å². The van der Waals surface area contributed by atoms with Crippen LogP contribution in [0.25, 0.3) is 0 Å². The lowest BCUT2D eigenvalue weighted by atomic mass is 10.1. The van der Waals surface area contributed by atoms with Crippen LogP contribution in [-0.2, 0) is 15.9 Å². The molecule has 0 bridgehead atoms. The van der Waals surface area contributed by atoms with Crippen LogP contribution in [0.15, 0.2) is 18.2 Å². The van der Waals surface area contributed by atoms with Gasteiger partial charge < -0.3 is 19.5 Å². The molecule has 0 amide bonds. The number of nitrogens with zero attached hydrogens (tertiary/aromatic N) is 1. The van der Waals surface area contributed by atoms with E-state index in [0.29, 0.717) is 19.8 Å². The molecule has 2 atom stereocenters. The molecule has 1 aromatic carbocycles. The highest BCUT2D eigenvalue weighted by molar-refractivity contribution is 5.59. The van der Waals surface area contributed by atoms with Crippen LogP contribution in [0.1, 0.15) is 24.0 Å². The molecule has 0 aliphatic carbocycles. The van der Waals surface area contributed by atoms with Gasteiger partial charge in [0.25, 0.3) is 0 Å². The number of benzene rings is 1. The average molecular weight is 291 g/mol. The van der Waals surface area contributed by atoms with Crippen molar-refractivity contribution in [1.29, 1.82) is 0 Å². The maximum absolute atomic E-state index is 10.2. The average Bonchev–Trinajstić information content (AvgIpc) is 3.09. The van der Waals surface area contributed by atoms with Gasteiger partial charge in [-0.25, -0.2) is 0 Å². The lowest BCUT2D eigenvalue weighted by Crippen LogP contribution is -2.34. The number of fused-ring (bicyclic) bond motifs is 1. The topological polar surface area (TPSA) is 41.9 Å². The molecule has 0 radical (unpaired) electrons. The number of aliphatic hydroxyl groups excluding tert-OH is 1. The summed E-state index contributed by atoms with van der Waals surface area (Å²) in [6, 6.07) is 6.57. The Morgan fingerprint density at radius 2 is 2.38 bits per heavy atom. The molecule has 1 N–H and O–H groups in total. The molecule has 116 valence electrons. The zero-order valence-corrected chi connectivity index (χ0v) is 12.8. The summed E-state index contributed by atoms with van der Waals surface area (Å²) < 4.78 is 11.1. The molecule has 0 aromatic heterocycles. The molecule has 21 heavy (non-hydrogen) atoms. The lowest BCUT2D eigenvalue weighted by Gasteiger charge is -2.23. The molecule has 4 nitrogen and oxygen atoms in total. The highest BCUT2D eigenvalue weighted by atomic mass is 16.5. The van der Waals surface area contributed by atoms with Crippen LogP contribution in [-0.4, -0.2) is 50.2 Å². The second kappa shape index (κ2) is 6.77. The van der Waals surface area contributed by atoms with Crippen molar-refractivity contribution in [2.24, 2.45) is 0 Å². The molecule has 2 aliphatic rings. The summed E-state index contributed by atoms with van der Waals surface area (Å²) in [5.41, 5.74) is 3.92. The number of rotatable bonds is 6. The van der Waals surface area contributed by atoms with Crippen LogP contribution in [0.2, 0.25) is 0 Å². The van der Waals surface area contributed by atoms with Gasteiger partial charge in [-0.2, -0.15) is 0 Å². The van der Waals surface area contributed by atoms with Gasteiger partial charge >= 0.3 is 0 Å². The molecular formula is C17H25NO3. The van der Waals surface area contributed by atoms with E-state index in [4.69, 9.17) is 9.47 Å². The Balaban J connectivity index is 1.45. The zero-order chi connectivity index (χ0) is 14.7. The van der Waals surface area contributed by atoms with Gasteiger partial charge in [-0.1, -0.05) is 12.1 Å². The first-order valence-corrected chi connectivity index (χ1v) is 7.94. The Labute approximate surface area is 126 Å². The number of β-amino-alcohol motifs (C(OH)–C–C–N with tert-alkyl or cyclic N) is 1. The fourth-order valence-electron chi connectivity index (χ4n) is 3.16. The SMILES string of the molecule is Cc1ccc2c(c1)N(CC(O)COCC1CCCO1)CC2. The third-order valence-electron chi connectivity index (χ3n) is 4.30. The summed E-state index contributed by atoms with van der Waals surface area (Å²) in [5.74, 6) is 0. The van der Waals surface area contributed by atoms with Crippen LogP contribution in [0.3, 0.4) is 0 Å². The van der Waals surface area contributed by atoms with E-state index in [0.717, 1.165) is 32.4 Å². The van der Waals surface area contributed by atoms with Crippen LogP contribution >= 0.6 is 0 Å². The van der Waals surface area contributed by atoms with Gasteiger partial charge in [0.15, 0.2) is 0 Å². The van der Waals surface area contributed by atoms with E-state index in [1.165, 1.54) is 16.8 Å². The Bertz CT molecular complexity index is 471.